The molecule has 2 fully saturated rings. The van der Waals surface area contributed by atoms with Crippen molar-refractivity contribution < 1.29 is 18.0 Å². The molecule has 32 heavy (non-hydrogen) atoms. The van der Waals surface area contributed by atoms with Crippen LogP contribution in [0.15, 0.2) is 42.5 Å². The van der Waals surface area contributed by atoms with Crippen molar-refractivity contribution in [2.75, 3.05) is 6.54 Å². The number of alkyl halides is 3. The summed E-state index contributed by atoms with van der Waals surface area (Å²) in [6.45, 7) is 2.85. The Labute approximate surface area is 184 Å². The van der Waals surface area contributed by atoms with E-state index in [1.54, 1.807) is 30.3 Å². The number of likely N-dealkylation sites (tertiary alicyclic amines) is 1. The molecule has 3 aromatic rings. The van der Waals surface area contributed by atoms with Crippen molar-refractivity contribution in [2.24, 2.45) is 11.8 Å². The van der Waals surface area contributed by atoms with Crippen LogP contribution in [0.2, 0.25) is 0 Å². The highest BCUT2D eigenvalue weighted by molar-refractivity contribution is 5.93. The van der Waals surface area contributed by atoms with Gasteiger partial charge >= 0.3 is 6.18 Å². The van der Waals surface area contributed by atoms with Crippen LogP contribution in [-0.4, -0.2) is 38.0 Å². The molecule has 3 heterocycles. The van der Waals surface area contributed by atoms with E-state index in [2.05, 4.69) is 17.0 Å². The van der Waals surface area contributed by atoms with Gasteiger partial charge in [-0.2, -0.15) is 18.3 Å². The molecule has 5 rings (SSSR count). The Bertz CT molecular complexity index is 1140. The number of carbonyl (C=O) groups excluding carboxylic acids is 1. The average molecular weight is 442 g/mol. The Morgan fingerprint density at radius 3 is 2.56 bits per heavy atom. The molecule has 2 aromatic heterocycles. The van der Waals surface area contributed by atoms with E-state index in [9.17, 15) is 18.0 Å². The minimum Gasteiger partial charge on any atom is -0.334 e. The Hall–Kier alpha value is -2.90. The van der Waals surface area contributed by atoms with Crippen molar-refractivity contribution in [3.05, 3.63) is 53.9 Å². The fraction of sp³-hybridized carbons (Fsp3) is 0.458. The van der Waals surface area contributed by atoms with Gasteiger partial charge in [0.15, 0.2) is 17.0 Å². The van der Waals surface area contributed by atoms with Crippen molar-refractivity contribution in [1.29, 1.82) is 0 Å². The van der Waals surface area contributed by atoms with Crippen molar-refractivity contribution in [2.45, 2.75) is 51.2 Å². The van der Waals surface area contributed by atoms with E-state index in [4.69, 9.17) is 0 Å². The SMILES string of the molecule is C[C@@H]1CCN(C(=O)c2cc3nc(-c4ccccc4)cc(C(F)(F)F)n3n2)[C@@H]2CCCC[C@H]12. The summed E-state index contributed by atoms with van der Waals surface area (Å²) in [4.78, 5) is 19.6. The smallest absolute Gasteiger partial charge is 0.334 e. The highest BCUT2D eigenvalue weighted by Gasteiger charge is 2.41. The van der Waals surface area contributed by atoms with Crippen LogP contribution in [0.1, 0.15) is 55.2 Å². The van der Waals surface area contributed by atoms with Gasteiger partial charge in [-0.05, 0) is 37.2 Å². The van der Waals surface area contributed by atoms with Crippen molar-refractivity contribution in [3.8, 4) is 11.3 Å². The molecule has 1 amide bonds. The molecule has 1 aliphatic carbocycles. The molecule has 0 bridgehead atoms. The Morgan fingerprint density at radius 1 is 1.06 bits per heavy atom. The fourth-order valence-corrected chi connectivity index (χ4v) is 5.35. The molecule has 1 saturated heterocycles. The highest BCUT2D eigenvalue weighted by Crippen LogP contribution is 2.39. The third-order valence-electron chi connectivity index (χ3n) is 7.01. The zero-order chi connectivity index (χ0) is 22.5. The molecule has 1 aliphatic heterocycles. The number of amides is 1. The monoisotopic (exact) mass is 442 g/mol. The summed E-state index contributed by atoms with van der Waals surface area (Å²) in [5.74, 6) is 0.707. The van der Waals surface area contributed by atoms with Gasteiger partial charge in [0.2, 0.25) is 0 Å². The number of benzene rings is 1. The summed E-state index contributed by atoms with van der Waals surface area (Å²) >= 11 is 0. The summed E-state index contributed by atoms with van der Waals surface area (Å²) in [6.07, 6.45) is 0.557. The average Bonchev–Trinajstić information content (AvgIpc) is 3.22. The van der Waals surface area contributed by atoms with E-state index in [0.717, 1.165) is 36.3 Å². The maximum Gasteiger partial charge on any atom is 0.433 e. The topological polar surface area (TPSA) is 50.5 Å². The lowest BCUT2D eigenvalue weighted by molar-refractivity contribution is -0.142. The number of hydrogen-bond acceptors (Lipinski definition) is 3. The summed E-state index contributed by atoms with van der Waals surface area (Å²) in [5, 5.41) is 4.09. The zero-order valence-electron chi connectivity index (χ0n) is 17.8. The second kappa shape index (κ2) is 7.90. The molecule has 1 saturated carbocycles. The third kappa shape index (κ3) is 3.65. The van der Waals surface area contributed by atoms with E-state index in [0.29, 0.717) is 23.9 Å². The molecule has 1 aromatic carbocycles. The van der Waals surface area contributed by atoms with Crippen LogP contribution in [0.25, 0.3) is 16.9 Å². The van der Waals surface area contributed by atoms with Crippen molar-refractivity contribution >= 4 is 11.6 Å². The first-order chi connectivity index (χ1) is 15.3. The van der Waals surface area contributed by atoms with Gasteiger partial charge in [0.05, 0.1) is 5.69 Å². The predicted octanol–water partition coefficient (Wildman–Crippen LogP) is 5.46. The predicted molar refractivity (Wildman–Crippen MR) is 114 cm³/mol. The lowest BCUT2D eigenvalue weighted by Gasteiger charge is -2.47. The molecule has 5 nitrogen and oxygen atoms in total. The maximum absolute atomic E-state index is 13.9. The first-order valence-electron chi connectivity index (χ1n) is 11.2. The van der Waals surface area contributed by atoms with Crippen LogP contribution >= 0.6 is 0 Å². The van der Waals surface area contributed by atoms with Gasteiger partial charge in [-0.25, -0.2) is 9.50 Å². The normalized spacial score (nSPS) is 23.9. The van der Waals surface area contributed by atoms with Crippen LogP contribution in [0.5, 0.6) is 0 Å². The maximum atomic E-state index is 13.9. The van der Waals surface area contributed by atoms with Crippen LogP contribution < -0.4 is 0 Å². The quantitative estimate of drug-likeness (QED) is 0.530. The highest BCUT2D eigenvalue weighted by atomic mass is 19.4. The molecular formula is C24H25F3N4O. The van der Waals surface area contributed by atoms with Gasteiger partial charge in [-0.1, -0.05) is 50.1 Å². The second-order valence-corrected chi connectivity index (χ2v) is 8.97. The number of aromatic nitrogens is 3. The molecule has 0 N–H and O–H groups in total. The molecular weight excluding hydrogens is 417 g/mol. The third-order valence-corrected chi connectivity index (χ3v) is 7.01. The summed E-state index contributed by atoms with van der Waals surface area (Å²) in [6, 6.07) is 11.2. The first-order valence-corrected chi connectivity index (χ1v) is 11.2. The minimum atomic E-state index is -4.63. The second-order valence-electron chi connectivity index (χ2n) is 8.97. The standard InChI is InChI=1S/C24H25F3N4O/c1-15-11-12-30(20-10-6-5-9-17(15)20)23(32)19-14-22-28-18(16-7-3-2-4-8-16)13-21(24(25,26)27)31(22)29-19/h2-4,7-8,13-15,17,20H,5-6,9-12H2,1H3/t15-,17-,20-/m1/s1. The number of carbonyl (C=O) groups is 1. The van der Waals surface area contributed by atoms with Crippen molar-refractivity contribution in [1.82, 2.24) is 19.5 Å². The Kier molecular flexibility index (Phi) is 5.18. The van der Waals surface area contributed by atoms with E-state index in [1.165, 1.54) is 12.5 Å². The van der Waals surface area contributed by atoms with Gasteiger partial charge in [-0.3, -0.25) is 4.79 Å². The first kappa shape index (κ1) is 21.0. The molecule has 168 valence electrons. The Balaban J connectivity index is 1.56. The van der Waals surface area contributed by atoms with E-state index in [1.807, 2.05) is 4.90 Å². The van der Waals surface area contributed by atoms with Gasteiger partial charge < -0.3 is 4.90 Å². The number of fused-ring (bicyclic) bond motifs is 2. The lowest BCUT2D eigenvalue weighted by atomic mass is 9.72. The number of halogens is 3. The van der Waals surface area contributed by atoms with Gasteiger partial charge in [-0.15, -0.1) is 0 Å². The van der Waals surface area contributed by atoms with Gasteiger partial charge in [0.1, 0.15) is 0 Å². The Morgan fingerprint density at radius 2 is 1.81 bits per heavy atom. The molecule has 0 unspecified atom stereocenters. The van der Waals surface area contributed by atoms with Crippen LogP contribution in [-0.2, 0) is 6.18 Å². The van der Waals surface area contributed by atoms with Crippen LogP contribution in [0.4, 0.5) is 13.2 Å². The summed E-state index contributed by atoms with van der Waals surface area (Å²) in [5.41, 5.74) is -0.129. The number of nitrogens with zero attached hydrogens (tertiary/aromatic N) is 4. The minimum absolute atomic E-state index is 0.0205. The number of hydrogen-bond donors (Lipinski definition) is 0. The molecule has 0 spiro atoms. The van der Waals surface area contributed by atoms with E-state index in [-0.39, 0.29) is 29.0 Å². The summed E-state index contributed by atoms with van der Waals surface area (Å²) < 4.78 is 42.3. The zero-order valence-corrected chi connectivity index (χ0v) is 17.8. The van der Waals surface area contributed by atoms with E-state index >= 15 is 0 Å². The molecule has 8 heteroatoms. The molecule has 3 atom stereocenters. The van der Waals surface area contributed by atoms with E-state index < -0.39 is 11.9 Å². The largest absolute Gasteiger partial charge is 0.433 e. The fourth-order valence-electron chi connectivity index (χ4n) is 5.35. The number of piperidine rings is 1. The lowest BCUT2D eigenvalue weighted by Crippen LogP contribution is -2.52. The van der Waals surface area contributed by atoms with Gasteiger partial charge in [0, 0.05) is 24.2 Å². The van der Waals surface area contributed by atoms with Crippen LogP contribution in [0.3, 0.4) is 0 Å². The van der Waals surface area contributed by atoms with Crippen molar-refractivity contribution in [3.63, 3.8) is 0 Å². The van der Waals surface area contributed by atoms with Gasteiger partial charge in [0.25, 0.3) is 5.91 Å². The van der Waals surface area contributed by atoms with Crippen LogP contribution in [0, 0.1) is 11.8 Å². The molecule has 2 aliphatic rings. The molecule has 0 radical (unpaired) electrons. The summed E-state index contributed by atoms with van der Waals surface area (Å²) in [7, 11) is 0. The number of rotatable bonds is 2.